The molecule has 124 valence electrons. The lowest BCUT2D eigenvalue weighted by Gasteiger charge is -2.36. The van der Waals surface area contributed by atoms with E-state index in [1.165, 1.54) is 6.07 Å². The Hall–Kier alpha value is -1.37. The molecule has 0 aromatic carbocycles. The first-order chi connectivity index (χ1) is 10.3. The van der Waals surface area contributed by atoms with Gasteiger partial charge in [0.25, 0.3) is 0 Å². The molecule has 2 rings (SSSR count). The molecule has 0 saturated carbocycles. The maximum Gasteiger partial charge on any atom is 0.223 e. The molecular weight excluding hydrogens is 284 g/mol. The number of nitrogens with zero attached hydrogens (tertiary/aromatic N) is 2. The van der Waals surface area contributed by atoms with E-state index in [0.717, 1.165) is 13.1 Å². The highest BCUT2D eigenvalue weighted by Crippen LogP contribution is 2.23. The Balaban J connectivity index is 2.40. The van der Waals surface area contributed by atoms with Crippen molar-refractivity contribution in [3.05, 3.63) is 27.7 Å². The second-order valence-corrected chi connectivity index (χ2v) is 6.37. The van der Waals surface area contributed by atoms with Gasteiger partial charge in [0.05, 0.1) is 24.5 Å². The number of pyridine rings is 1. The normalized spacial score (nSPS) is 23.2. The van der Waals surface area contributed by atoms with Crippen molar-refractivity contribution in [2.24, 2.45) is 0 Å². The number of ether oxygens (including phenoxy) is 1. The van der Waals surface area contributed by atoms with Gasteiger partial charge >= 0.3 is 0 Å². The average Bonchev–Trinajstić information content (AvgIpc) is 2.41. The van der Waals surface area contributed by atoms with Gasteiger partial charge in [0.2, 0.25) is 5.43 Å². The summed E-state index contributed by atoms with van der Waals surface area (Å²) in [5.74, 6) is -0.224. The van der Waals surface area contributed by atoms with Gasteiger partial charge < -0.3 is 19.5 Å². The van der Waals surface area contributed by atoms with E-state index < -0.39 is 5.43 Å². The highest BCUT2D eigenvalue weighted by molar-refractivity contribution is 5.30. The zero-order valence-electron chi connectivity index (χ0n) is 13.7. The maximum atomic E-state index is 11.9. The molecule has 1 aromatic heterocycles. The summed E-state index contributed by atoms with van der Waals surface area (Å²) >= 11 is 0. The topological polar surface area (TPSA) is 74.9 Å². The van der Waals surface area contributed by atoms with Crippen molar-refractivity contribution in [2.45, 2.75) is 59.1 Å². The van der Waals surface area contributed by atoms with Crippen LogP contribution in [0.2, 0.25) is 0 Å². The minimum Gasteiger partial charge on any atom is -0.503 e. The highest BCUT2D eigenvalue weighted by atomic mass is 16.5. The smallest absolute Gasteiger partial charge is 0.223 e. The summed E-state index contributed by atoms with van der Waals surface area (Å²) in [5, 5.41) is 19.8. The molecular formula is C16H26N2O4. The van der Waals surface area contributed by atoms with Crippen LogP contribution in [0, 0.1) is 0 Å². The third-order valence-corrected chi connectivity index (χ3v) is 3.95. The third-order valence-electron chi connectivity index (χ3n) is 3.95. The van der Waals surface area contributed by atoms with Crippen molar-refractivity contribution >= 4 is 0 Å². The molecule has 22 heavy (non-hydrogen) atoms. The van der Waals surface area contributed by atoms with Gasteiger partial charge in [-0.15, -0.1) is 0 Å². The summed E-state index contributed by atoms with van der Waals surface area (Å²) in [4.78, 5) is 14.1. The lowest BCUT2D eigenvalue weighted by molar-refractivity contribution is -0.0712. The van der Waals surface area contributed by atoms with Gasteiger partial charge in [-0.1, -0.05) is 0 Å². The van der Waals surface area contributed by atoms with Crippen molar-refractivity contribution in [1.29, 1.82) is 0 Å². The Bertz CT molecular complexity index is 572. The van der Waals surface area contributed by atoms with E-state index in [2.05, 4.69) is 4.90 Å². The molecule has 1 saturated heterocycles. The van der Waals surface area contributed by atoms with E-state index in [4.69, 9.17) is 4.74 Å². The molecule has 1 aliphatic rings. The van der Waals surface area contributed by atoms with Crippen LogP contribution in [-0.4, -0.2) is 45.0 Å². The molecule has 2 heterocycles. The summed E-state index contributed by atoms with van der Waals surface area (Å²) in [6, 6.07) is 1.35. The van der Waals surface area contributed by atoms with Crippen LogP contribution in [0.15, 0.2) is 10.9 Å². The molecule has 1 aromatic rings. The second kappa shape index (κ2) is 6.81. The fourth-order valence-electron chi connectivity index (χ4n) is 3.26. The van der Waals surface area contributed by atoms with Crippen molar-refractivity contribution in [3.8, 4) is 5.75 Å². The summed E-state index contributed by atoms with van der Waals surface area (Å²) in [6.45, 7) is 9.71. The quantitative estimate of drug-likeness (QED) is 0.875. The summed E-state index contributed by atoms with van der Waals surface area (Å²) < 4.78 is 7.57. The number of hydrogen-bond donors (Lipinski definition) is 2. The largest absolute Gasteiger partial charge is 0.503 e. The Morgan fingerprint density at radius 2 is 1.91 bits per heavy atom. The molecule has 0 amide bonds. The van der Waals surface area contributed by atoms with E-state index >= 15 is 0 Å². The SMILES string of the molecule is CC1CN(Cc2c(O)c(=O)cc(CO)n2C(C)C)CC(C)O1. The van der Waals surface area contributed by atoms with Crippen LogP contribution in [0.25, 0.3) is 0 Å². The van der Waals surface area contributed by atoms with Crippen LogP contribution < -0.4 is 5.43 Å². The van der Waals surface area contributed by atoms with Crippen molar-refractivity contribution < 1.29 is 14.9 Å². The Kier molecular flexibility index (Phi) is 5.26. The maximum absolute atomic E-state index is 11.9. The monoisotopic (exact) mass is 310 g/mol. The van der Waals surface area contributed by atoms with Gasteiger partial charge in [-0.05, 0) is 27.7 Å². The van der Waals surface area contributed by atoms with Crippen LogP contribution in [0.1, 0.15) is 45.1 Å². The lowest BCUT2D eigenvalue weighted by Crippen LogP contribution is -2.45. The van der Waals surface area contributed by atoms with Gasteiger partial charge in [-0.3, -0.25) is 9.69 Å². The number of aromatic hydroxyl groups is 1. The van der Waals surface area contributed by atoms with Gasteiger partial charge in [0.15, 0.2) is 5.75 Å². The van der Waals surface area contributed by atoms with E-state index in [-0.39, 0.29) is 30.6 Å². The zero-order chi connectivity index (χ0) is 16.4. The first-order valence-electron chi connectivity index (χ1n) is 7.78. The molecule has 0 spiro atoms. The second-order valence-electron chi connectivity index (χ2n) is 6.37. The highest BCUT2D eigenvalue weighted by Gasteiger charge is 2.25. The van der Waals surface area contributed by atoms with Gasteiger partial charge in [0.1, 0.15) is 0 Å². The van der Waals surface area contributed by atoms with Crippen LogP contribution in [0.4, 0.5) is 0 Å². The van der Waals surface area contributed by atoms with Crippen LogP contribution in [0.3, 0.4) is 0 Å². The van der Waals surface area contributed by atoms with Gasteiger partial charge in [-0.25, -0.2) is 0 Å². The number of aliphatic hydroxyl groups is 1. The molecule has 0 radical (unpaired) electrons. The van der Waals surface area contributed by atoms with Gasteiger partial charge in [-0.2, -0.15) is 0 Å². The van der Waals surface area contributed by atoms with E-state index in [1.807, 2.05) is 32.3 Å². The zero-order valence-corrected chi connectivity index (χ0v) is 13.7. The van der Waals surface area contributed by atoms with Gasteiger partial charge in [0, 0.05) is 37.4 Å². The molecule has 0 bridgehead atoms. The number of morpholine rings is 1. The lowest BCUT2D eigenvalue weighted by atomic mass is 10.1. The molecule has 6 heteroatoms. The predicted molar refractivity (Wildman–Crippen MR) is 84.0 cm³/mol. The minimum atomic E-state index is -0.440. The molecule has 0 aliphatic carbocycles. The molecule has 1 fully saturated rings. The third kappa shape index (κ3) is 3.51. The molecule has 2 atom stereocenters. The molecule has 1 aliphatic heterocycles. The Labute approximate surface area is 130 Å². The summed E-state index contributed by atoms with van der Waals surface area (Å²) in [6.07, 6.45) is 0.234. The van der Waals surface area contributed by atoms with E-state index in [9.17, 15) is 15.0 Å². The fraction of sp³-hybridized carbons (Fsp3) is 0.688. The first-order valence-corrected chi connectivity index (χ1v) is 7.78. The van der Waals surface area contributed by atoms with Crippen molar-refractivity contribution in [2.75, 3.05) is 13.1 Å². The number of hydrogen-bond acceptors (Lipinski definition) is 5. The average molecular weight is 310 g/mol. The summed E-state index contributed by atoms with van der Waals surface area (Å²) in [5.41, 5.74) is 0.653. The standard InChI is InChI=1S/C16H26N2O4/c1-10(2)18-13(9-19)5-15(20)16(21)14(18)8-17-6-11(3)22-12(4)7-17/h5,10-12,19,21H,6-9H2,1-4H3. The Morgan fingerprint density at radius 3 is 2.41 bits per heavy atom. The van der Waals surface area contributed by atoms with Crippen LogP contribution in [0.5, 0.6) is 5.75 Å². The molecule has 2 N–H and O–H groups in total. The molecule has 2 unspecified atom stereocenters. The first kappa shape index (κ1) is 17.0. The van der Waals surface area contributed by atoms with Crippen molar-refractivity contribution in [1.82, 2.24) is 9.47 Å². The fourth-order valence-corrected chi connectivity index (χ4v) is 3.26. The number of aromatic nitrogens is 1. The molecule has 6 nitrogen and oxygen atoms in total. The number of aliphatic hydroxyl groups excluding tert-OH is 1. The Morgan fingerprint density at radius 1 is 1.32 bits per heavy atom. The number of rotatable bonds is 4. The summed E-state index contributed by atoms with van der Waals surface area (Å²) in [7, 11) is 0. The minimum absolute atomic E-state index is 0.0412. The van der Waals surface area contributed by atoms with Crippen molar-refractivity contribution in [3.63, 3.8) is 0 Å². The van der Waals surface area contributed by atoms with Crippen LogP contribution >= 0.6 is 0 Å². The van der Waals surface area contributed by atoms with E-state index in [0.29, 0.717) is 17.9 Å². The van der Waals surface area contributed by atoms with E-state index in [1.54, 1.807) is 0 Å². The van der Waals surface area contributed by atoms with Crippen LogP contribution in [-0.2, 0) is 17.9 Å². The predicted octanol–water partition coefficient (Wildman–Crippen LogP) is 1.24.